The van der Waals surface area contributed by atoms with Crippen LogP contribution in [0.15, 0.2) is 72.3 Å². The molecule has 33 heavy (non-hydrogen) atoms. The molecule has 4 amide bonds. The first kappa shape index (κ1) is 22.7. The monoisotopic (exact) mass is 556 g/mol. The third-order valence-corrected chi connectivity index (χ3v) is 5.85. The minimum absolute atomic E-state index is 0.151. The van der Waals surface area contributed by atoms with E-state index in [0.717, 1.165) is 14.0 Å². The number of barbiturate groups is 1. The summed E-state index contributed by atoms with van der Waals surface area (Å²) in [4.78, 5) is 38.8. The van der Waals surface area contributed by atoms with Gasteiger partial charge in [-0.3, -0.25) is 14.9 Å². The average Bonchev–Trinajstić information content (AvgIpc) is 2.77. The van der Waals surface area contributed by atoms with Crippen LogP contribution in [-0.2, 0) is 16.2 Å². The Morgan fingerprint density at radius 1 is 1.03 bits per heavy atom. The Hall–Kier alpha value is -3.53. The molecule has 4 rings (SSSR count). The zero-order valence-corrected chi connectivity index (χ0v) is 19.6. The molecule has 8 heteroatoms. The molecule has 166 valence electrons. The highest BCUT2D eigenvalue weighted by Crippen LogP contribution is 2.27. The van der Waals surface area contributed by atoms with Crippen molar-refractivity contribution < 1.29 is 23.5 Å². The van der Waals surface area contributed by atoms with Crippen molar-refractivity contribution in [3.8, 4) is 5.75 Å². The SMILES string of the molecule is Cc1ccccc1N1C(=O)NC(=O)/C(=C\c2ccc(OCc3cccc(F)c3)c(I)c2)C1=O. The number of para-hydroxylation sites is 1. The summed E-state index contributed by atoms with van der Waals surface area (Å²) in [5.74, 6) is -1.20. The van der Waals surface area contributed by atoms with Gasteiger partial charge in [0.25, 0.3) is 11.8 Å². The maximum atomic E-state index is 13.3. The lowest BCUT2D eigenvalue weighted by Gasteiger charge is -2.27. The lowest BCUT2D eigenvalue weighted by atomic mass is 10.1. The van der Waals surface area contributed by atoms with E-state index in [1.54, 1.807) is 61.5 Å². The van der Waals surface area contributed by atoms with Gasteiger partial charge in [-0.1, -0.05) is 36.4 Å². The number of urea groups is 1. The Morgan fingerprint density at radius 3 is 2.55 bits per heavy atom. The molecule has 0 unspecified atom stereocenters. The third-order valence-electron chi connectivity index (χ3n) is 5.01. The predicted octanol–water partition coefficient (Wildman–Crippen LogP) is 4.98. The molecule has 3 aromatic carbocycles. The number of aryl methyl sites for hydroxylation is 1. The molecule has 0 atom stereocenters. The Labute approximate surface area is 203 Å². The van der Waals surface area contributed by atoms with E-state index in [1.807, 2.05) is 0 Å². The number of ether oxygens (including phenoxy) is 1. The summed E-state index contributed by atoms with van der Waals surface area (Å²) in [7, 11) is 0. The van der Waals surface area contributed by atoms with Crippen molar-refractivity contribution in [3.63, 3.8) is 0 Å². The summed E-state index contributed by atoms with van der Waals surface area (Å²) in [5.41, 5.74) is 2.28. The van der Waals surface area contributed by atoms with Gasteiger partial charge in [-0.15, -0.1) is 0 Å². The number of amides is 4. The first-order valence-electron chi connectivity index (χ1n) is 9.97. The molecule has 1 aliphatic heterocycles. The van der Waals surface area contributed by atoms with E-state index in [2.05, 4.69) is 27.9 Å². The van der Waals surface area contributed by atoms with Gasteiger partial charge < -0.3 is 4.74 Å². The number of imide groups is 2. The Kier molecular flexibility index (Phi) is 6.55. The molecule has 0 aromatic heterocycles. The number of nitrogens with zero attached hydrogens (tertiary/aromatic N) is 1. The van der Waals surface area contributed by atoms with E-state index >= 15 is 0 Å². The maximum Gasteiger partial charge on any atom is 0.335 e. The first-order valence-corrected chi connectivity index (χ1v) is 11.1. The molecule has 1 fully saturated rings. The quantitative estimate of drug-likeness (QED) is 0.273. The summed E-state index contributed by atoms with van der Waals surface area (Å²) in [6.45, 7) is 1.98. The summed E-state index contributed by atoms with van der Waals surface area (Å²) in [6, 6.07) is 17.5. The topological polar surface area (TPSA) is 75.7 Å². The molecular formula is C25H18FIN2O4. The predicted molar refractivity (Wildman–Crippen MR) is 130 cm³/mol. The van der Waals surface area contributed by atoms with Crippen LogP contribution >= 0.6 is 22.6 Å². The van der Waals surface area contributed by atoms with E-state index in [4.69, 9.17) is 4.74 Å². The van der Waals surface area contributed by atoms with Gasteiger partial charge in [0.2, 0.25) is 0 Å². The Morgan fingerprint density at radius 2 is 1.82 bits per heavy atom. The van der Waals surface area contributed by atoms with E-state index in [0.29, 0.717) is 22.6 Å². The van der Waals surface area contributed by atoms with Crippen LogP contribution in [0.4, 0.5) is 14.9 Å². The van der Waals surface area contributed by atoms with Crippen molar-refractivity contribution >= 4 is 52.2 Å². The smallest absolute Gasteiger partial charge is 0.335 e. The number of anilines is 1. The molecule has 6 nitrogen and oxygen atoms in total. The fourth-order valence-corrected chi connectivity index (χ4v) is 4.06. The molecular weight excluding hydrogens is 538 g/mol. The van der Waals surface area contributed by atoms with Crippen LogP contribution in [0.5, 0.6) is 5.75 Å². The van der Waals surface area contributed by atoms with E-state index in [9.17, 15) is 18.8 Å². The second-order valence-corrected chi connectivity index (χ2v) is 8.51. The molecule has 0 radical (unpaired) electrons. The van der Waals surface area contributed by atoms with E-state index in [1.165, 1.54) is 18.2 Å². The van der Waals surface area contributed by atoms with Crippen LogP contribution in [0, 0.1) is 16.3 Å². The van der Waals surface area contributed by atoms with Gasteiger partial charge in [0, 0.05) is 0 Å². The third kappa shape index (κ3) is 4.95. The van der Waals surface area contributed by atoms with Crippen LogP contribution in [0.3, 0.4) is 0 Å². The zero-order valence-electron chi connectivity index (χ0n) is 17.5. The summed E-state index contributed by atoms with van der Waals surface area (Å²) < 4.78 is 19.9. The number of carbonyl (C=O) groups excluding carboxylic acids is 3. The summed E-state index contributed by atoms with van der Waals surface area (Å²) >= 11 is 2.08. The van der Waals surface area contributed by atoms with Crippen molar-refractivity contribution in [1.29, 1.82) is 0 Å². The normalized spacial score (nSPS) is 15.1. The lowest BCUT2D eigenvalue weighted by Crippen LogP contribution is -2.54. The second kappa shape index (κ2) is 9.53. The highest BCUT2D eigenvalue weighted by Gasteiger charge is 2.37. The maximum absolute atomic E-state index is 13.3. The van der Waals surface area contributed by atoms with Gasteiger partial charge in [-0.05, 0) is 82.6 Å². The largest absolute Gasteiger partial charge is 0.488 e. The molecule has 0 aliphatic carbocycles. The van der Waals surface area contributed by atoms with Crippen molar-refractivity contribution in [2.45, 2.75) is 13.5 Å². The molecule has 1 aliphatic rings. The molecule has 1 saturated heterocycles. The Balaban J connectivity index is 1.57. The summed E-state index contributed by atoms with van der Waals surface area (Å²) in [5, 5.41) is 2.23. The van der Waals surface area contributed by atoms with Crippen molar-refractivity contribution in [1.82, 2.24) is 5.32 Å². The molecule has 3 aromatic rings. The highest BCUT2D eigenvalue weighted by molar-refractivity contribution is 14.1. The highest BCUT2D eigenvalue weighted by atomic mass is 127. The van der Waals surface area contributed by atoms with Crippen LogP contribution in [0.25, 0.3) is 6.08 Å². The minimum Gasteiger partial charge on any atom is -0.488 e. The van der Waals surface area contributed by atoms with Crippen molar-refractivity contribution in [2.75, 3.05) is 4.90 Å². The fraction of sp³-hybridized carbons (Fsp3) is 0.0800. The van der Waals surface area contributed by atoms with Crippen LogP contribution in [0.1, 0.15) is 16.7 Å². The van der Waals surface area contributed by atoms with Crippen LogP contribution in [0.2, 0.25) is 0 Å². The number of hydrogen-bond acceptors (Lipinski definition) is 4. The number of halogens is 2. The van der Waals surface area contributed by atoms with Crippen molar-refractivity contribution in [2.24, 2.45) is 0 Å². The molecule has 0 spiro atoms. The van der Waals surface area contributed by atoms with Gasteiger partial charge in [0.1, 0.15) is 23.7 Å². The molecule has 0 saturated carbocycles. The molecule has 1 N–H and O–H groups in total. The standard InChI is InChI=1S/C25H18FIN2O4/c1-15-5-2-3-8-21(15)29-24(31)19(23(30)28-25(29)32)12-16-9-10-22(20(27)13-16)33-14-17-6-4-7-18(26)11-17/h2-13H,14H2,1H3,(H,28,30,32)/b19-12+. The van der Waals surface area contributed by atoms with Crippen LogP contribution in [-0.4, -0.2) is 17.8 Å². The van der Waals surface area contributed by atoms with Crippen LogP contribution < -0.4 is 15.0 Å². The number of hydrogen-bond donors (Lipinski definition) is 1. The molecule has 1 heterocycles. The van der Waals surface area contributed by atoms with Gasteiger partial charge >= 0.3 is 6.03 Å². The number of nitrogens with one attached hydrogen (secondary N) is 1. The fourth-order valence-electron chi connectivity index (χ4n) is 3.37. The lowest BCUT2D eigenvalue weighted by molar-refractivity contribution is -0.122. The number of carbonyl (C=O) groups is 3. The van der Waals surface area contributed by atoms with E-state index in [-0.39, 0.29) is 18.0 Å². The van der Waals surface area contributed by atoms with E-state index < -0.39 is 17.8 Å². The number of rotatable bonds is 5. The summed E-state index contributed by atoms with van der Waals surface area (Å²) in [6.07, 6.45) is 1.44. The van der Waals surface area contributed by atoms with Gasteiger partial charge in [-0.2, -0.15) is 0 Å². The molecule has 0 bridgehead atoms. The van der Waals surface area contributed by atoms with Gasteiger partial charge in [-0.25, -0.2) is 14.1 Å². The zero-order chi connectivity index (χ0) is 23.5. The number of benzene rings is 3. The first-order chi connectivity index (χ1) is 15.8. The average molecular weight is 556 g/mol. The van der Waals surface area contributed by atoms with Crippen molar-refractivity contribution in [3.05, 3.63) is 98.4 Å². The Bertz CT molecular complexity index is 1310. The minimum atomic E-state index is -0.785. The van der Waals surface area contributed by atoms with Gasteiger partial charge in [0.05, 0.1) is 9.26 Å². The second-order valence-electron chi connectivity index (χ2n) is 7.35. The van der Waals surface area contributed by atoms with Gasteiger partial charge in [0.15, 0.2) is 0 Å².